The van der Waals surface area contributed by atoms with Gasteiger partial charge in [0, 0.05) is 6.04 Å². The molecule has 0 aromatic rings. The van der Waals surface area contributed by atoms with E-state index in [-0.39, 0.29) is 23.9 Å². The van der Waals surface area contributed by atoms with Gasteiger partial charge in [-0.15, -0.1) is 0 Å². The van der Waals surface area contributed by atoms with Gasteiger partial charge >= 0.3 is 0 Å². The van der Waals surface area contributed by atoms with Crippen LogP contribution in [0.15, 0.2) is 0 Å². The highest BCUT2D eigenvalue weighted by Crippen LogP contribution is 2.24. The quantitative estimate of drug-likeness (QED) is 0.775. The van der Waals surface area contributed by atoms with E-state index >= 15 is 0 Å². The molecule has 2 aliphatic rings. The molecule has 0 bridgehead atoms. The Morgan fingerprint density at radius 1 is 1.26 bits per heavy atom. The predicted octanol–water partition coefficient (Wildman–Crippen LogP) is 2.08. The fourth-order valence-electron chi connectivity index (χ4n) is 3.16. The molecular weight excluding hydrogens is 240 g/mol. The van der Waals surface area contributed by atoms with Crippen LogP contribution in [0.4, 0.5) is 0 Å². The molecule has 2 fully saturated rings. The van der Waals surface area contributed by atoms with Crippen molar-refractivity contribution in [1.29, 1.82) is 0 Å². The van der Waals surface area contributed by atoms with Crippen molar-refractivity contribution in [3.05, 3.63) is 0 Å². The van der Waals surface area contributed by atoms with E-state index in [9.17, 15) is 9.59 Å². The van der Waals surface area contributed by atoms with E-state index in [2.05, 4.69) is 5.32 Å². The summed E-state index contributed by atoms with van der Waals surface area (Å²) >= 11 is 0. The molecule has 1 N–H and O–H groups in total. The molecule has 4 heteroatoms. The highest BCUT2D eigenvalue weighted by atomic mass is 16.2. The minimum atomic E-state index is -0.275. The summed E-state index contributed by atoms with van der Waals surface area (Å²) in [5.74, 6) is 0.657. The molecule has 2 atom stereocenters. The zero-order chi connectivity index (χ0) is 13.8. The maximum atomic E-state index is 12.2. The molecule has 19 heavy (non-hydrogen) atoms. The van der Waals surface area contributed by atoms with Crippen molar-refractivity contribution < 1.29 is 9.59 Å². The van der Waals surface area contributed by atoms with E-state index in [1.54, 1.807) is 0 Å². The number of amides is 2. The lowest BCUT2D eigenvalue weighted by Gasteiger charge is -2.24. The number of hydrogen-bond acceptors (Lipinski definition) is 3. The van der Waals surface area contributed by atoms with Crippen LogP contribution in [0, 0.1) is 5.92 Å². The third kappa shape index (κ3) is 3.35. The van der Waals surface area contributed by atoms with Crippen LogP contribution in [0.25, 0.3) is 0 Å². The second-order valence-electron chi connectivity index (χ2n) is 6.03. The SMILES string of the molecule is CCC(C)N1C(=O)CC(NCC2CCCCC2)C1=O. The van der Waals surface area contributed by atoms with Gasteiger partial charge in [0.05, 0.1) is 12.5 Å². The fraction of sp³-hybridized carbons (Fsp3) is 0.867. The largest absolute Gasteiger partial charge is 0.305 e. The van der Waals surface area contributed by atoms with Gasteiger partial charge in [0.2, 0.25) is 11.8 Å². The zero-order valence-electron chi connectivity index (χ0n) is 12.2. The predicted molar refractivity (Wildman–Crippen MR) is 74.6 cm³/mol. The van der Waals surface area contributed by atoms with Gasteiger partial charge in [-0.2, -0.15) is 0 Å². The van der Waals surface area contributed by atoms with Crippen molar-refractivity contribution in [3.63, 3.8) is 0 Å². The summed E-state index contributed by atoms with van der Waals surface area (Å²) in [6, 6.07) is -0.245. The number of imide groups is 1. The molecule has 0 aromatic heterocycles. The Labute approximate surface area is 115 Å². The summed E-state index contributed by atoms with van der Waals surface area (Å²) in [6.45, 7) is 4.84. The summed E-state index contributed by atoms with van der Waals surface area (Å²) < 4.78 is 0. The van der Waals surface area contributed by atoms with E-state index < -0.39 is 0 Å². The van der Waals surface area contributed by atoms with Crippen molar-refractivity contribution in [2.24, 2.45) is 5.92 Å². The molecule has 1 heterocycles. The molecule has 2 unspecified atom stereocenters. The molecular formula is C15H26N2O2. The Morgan fingerprint density at radius 2 is 1.95 bits per heavy atom. The first-order valence-corrected chi connectivity index (χ1v) is 7.72. The lowest BCUT2D eigenvalue weighted by atomic mass is 9.89. The number of likely N-dealkylation sites (tertiary alicyclic amines) is 1. The minimum Gasteiger partial charge on any atom is -0.305 e. The van der Waals surface area contributed by atoms with Crippen LogP contribution in [-0.2, 0) is 9.59 Å². The summed E-state index contributed by atoms with van der Waals surface area (Å²) in [5, 5.41) is 3.33. The van der Waals surface area contributed by atoms with Crippen molar-refractivity contribution in [2.45, 2.75) is 70.9 Å². The Bertz CT molecular complexity index is 337. The zero-order valence-corrected chi connectivity index (χ0v) is 12.2. The van der Waals surface area contributed by atoms with Gasteiger partial charge in [0.15, 0.2) is 0 Å². The molecule has 1 aliphatic carbocycles. The topological polar surface area (TPSA) is 49.4 Å². The van der Waals surface area contributed by atoms with Crippen molar-refractivity contribution in [1.82, 2.24) is 10.2 Å². The second-order valence-corrected chi connectivity index (χ2v) is 6.03. The van der Waals surface area contributed by atoms with Gasteiger partial charge in [-0.3, -0.25) is 14.5 Å². The first kappa shape index (κ1) is 14.5. The third-order valence-corrected chi connectivity index (χ3v) is 4.59. The van der Waals surface area contributed by atoms with Crippen molar-refractivity contribution >= 4 is 11.8 Å². The lowest BCUT2D eigenvalue weighted by molar-refractivity contribution is -0.141. The normalized spacial score (nSPS) is 27.1. The Hall–Kier alpha value is -0.900. The van der Waals surface area contributed by atoms with Crippen LogP contribution in [0.5, 0.6) is 0 Å². The average Bonchev–Trinajstić information content (AvgIpc) is 2.71. The number of carbonyl (C=O) groups excluding carboxylic acids is 2. The van der Waals surface area contributed by atoms with Gasteiger partial charge in [-0.1, -0.05) is 26.2 Å². The minimum absolute atomic E-state index is 0.0134. The van der Waals surface area contributed by atoms with E-state index in [1.165, 1.54) is 37.0 Å². The maximum Gasteiger partial charge on any atom is 0.247 e. The number of hydrogen-bond donors (Lipinski definition) is 1. The van der Waals surface area contributed by atoms with Crippen LogP contribution in [0.3, 0.4) is 0 Å². The summed E-state index contributed by atoms with van der Waals surface area (Å²) in [5.41, 5.74) is 0. The van der Waals surface area contributed by atoms with E-state index in [4.69, 9.17) is 0 Å². The summed E-state index contributed by atoms with van der Waals surface area (Å²) in [6.07, 6.45) is 7.65. The Kier molecular flexibility index (Phi) is 4.97. The van der Waals surface area contributed by atoms with Crippen LogP contribution in [0.1, 0.15) is 58.8 Å². The molecule has 1 aliphatic heterocycles. The first-order chi connectivity index (χ1) is 9.13. The summed E-state index contributed by atoms with van der Waals surface area (Å²) in [7, 11) is 0. The average molecular weight is 266 g/mol. The number of nitrogens with zero attached hydrogens (tertiary/aromatic N) is 1. The Balaban J connectivity index is 1.84. The van der Waals surface area contributed by atoms with E-state index in [0.29, 0.717) is 12.3 Å². The standard InChI is InChI=1S/C15H26N2O2/c1-3-11(2)17-14(18)9-13(15(17)19)16-10-12-7-5-4-6-8-12/h11-13,16H,3-10H2,1-2H3. The van der Waals surface area contributed by atoms with Gasteiger partial charge in [0.1, 0.15) is 0 Å². The van der Waals surface area contributed by atoms with Gasteiger partial charge in [-0.25, -0.2) is 0 Å². The third-order valence-electron chi connectivity index (χ3n) is 4.59. The molecule has 0 radical (unpaired) electrons. The van der Waals surface area contributed by atoms with Gasteiger partial charge < -0.3 is 5.32 Å². The monoisotopic (exact) mass is 266 g/mol. The van der Waals surface area contributed by atoms with Crippen LogP contribution < -0.4 is 5.32 Å². The van der Waals surface area contributed by atoms with Gasteiger partial charge in [-0.05, 0) is 38.6 Å². The molecule has 108 valence electrons. The second kappa shape index (κ2) is 6.51. The smallest absolute Gasteiger partial charge is 0.247 e. The Morgan fingerprint density at radius 3 is 2.58 bits per heavy atom. The molecule has 2 amide bonds. The van der Waals surface area contributed by atoms with Gasteiger partial charge in [0.25, 0.3) is 0 Å². The number of carbonyl (C=O) groups is 2. The maximum absolute atomic E-state index is 12.2. The number of rotatable bonds is 5. The molecule has 1 saturated heterocycles. The first-order valence-electron chi connectivity index (χ1n) is 7.72. The fourth-order valence-corrected chi connectivity index (χ4v) is 3.16. The molecule has 0 spiro atoms. The molecule has 1 saturated carbocycles. The summed E-state index contributed by atoms with van der Waals surface area (Å²) in [4.78, 5) is 25.6. The van der Waals surface area contributed by atoms with Crippen LogP contribution >= 0.6 is 0 Å². The lowest BCUT2D eigenvalue weighted by Crippen LogP contribution is -2.43. The van der Waals surface area contributed by atoms with E-state index in [1.807, 2.05) is 13.8 Å². The number of nitrogens with one attached hydrogen (secondary N) is 1. The molecule has 4 nitrogen and oxygen atoms in total. The highest BCUT2D eigenvalue weighted by Gasteiger charge is 2.40. The molecule has 0 aromatic carbocycles. The van der Waals surface area contributed by atoms with Crippen molar-refractivity contribution in [3.8, 4) is 0 Å². The molecule has 2 rings (SSSR count). The van der Waals surface area contributed by atoms with E-state index in [0.717, 1.165) is 13.0 Å². The van der Waals surface area contributed by atoms with Crippen LogP contribution in [-0.4, -0.2) is 35.3 Å². The highest BCUT2D eigenvalue weighted by molar-refractivity contribution is 6.05. The van der Waals surface area contributed by atoms with Crippen molar-refractivity contribution in [2.75, 3.05) is 6.54 Å². The van der Waals surface area contributed by atoms with Crippen LogP contribution in [0.2, 0.25) is 0 Å².